The molecule has 0 N–H and O–H groups in total. The summed E-state index contributed by atoms with van der Waals surface area (Å²) in [6.45, 7) is 2.16. The van der Waals surface area contributed by atoms with Crippen LogP contribution in [0, 0.1) is 0 Å². The summed E-state index contributed by atoms with van der Waals surface area (Å²) in [6.07, 6.45) is 9.91. The maximum Gasteiger partial charge on any atom is 0.185 e. The molecular weight excluding hydrogens is 350 g/mol. The molecule has 0 aliphatic heterocycles. The number of hydrogen-bond donors (Lipinski definition) is 0. The highest BCUT2D eigenvalue weighted by molar-refractivity contribution is 8.13. The largest absolute Gasteiger partial charge is 0.493 e. The zero-order chi connectivity index (χ0) is 19.0. The normalized spacial score (nSPS) is 10.2. The average Bonchev–Trinajstić information content (AvgIpc) is 2.63. The molecule has 0 aliphatic carbocycles. The third-order valence-corrected chi connectivity index (χ3v) is 4.79. The van der Waals surface area contributed by atoms with Gasteiger partial charge >= 0.3 is 0 Å². The van der Waals surface area contributed by atoms with Crippen molar-refractivity contribution in [1.29, 1.82) is 0 Å². The van der Waals surface area contributed by atoms with E-state index in [9.17, 15) is 9.59 Å². The van der Waals surface area contributed by atoms with Crippen LogP contribution in [0.15, 0.2) is 23.3 Å². The van der Waals surface area contributed by atoms with E-state index >= 15 is 0 Å². The molecule has 26 heavy (non-hydrogen) atoms. The molecule has 0 fully saturated rings. The first kappa shape index (κ1) is 22.1. The molecule has 1 rings (SSSR count). The number of hydrogen-bond acceptors (Lipinski definition) is 5. The van der Waals surface area contributed by atoms with E-state index < -0.39 is 0 Å². The van der Waals surface area contributed by atoms with Crippen molar-refractivity contribution in [3.05, 3.63) is 34.2 Å². The van der Waals surface area contributed by atoms with Gasteiger partial charge in [-0.25, -0.2) is 0 Å². The van der Waals surface area contributed by atoms with Crippen molar-refractivity contribution in [3.63, 3.8) is 0 Å². The number of carbonyl (C=O) groups excluding carboxylic acids is 2. The fraction of sp³-hybridized carbons (Fsp3) is 0.579. The van der Waals surface area contributed by atoms with Crippen LogP contribution in [0.3, 0.4) is 0 Å². The number of unbranched alkanes of at least 4 members (excludes halogenated alkanes) is 7. The molecule has 0 saturated heterocycles. The highest BCUT2D eigenvalue weighted by Crippen LogP contribution is 2.24. The van der Waals surface area contributed by atoms with Crippen LogP contribution in [0.5, 0.6) is 5.75 Å². The minimum Gasteiger partial charge on any atom is -0.493 e. The Kier molecular flexibility index (Phi) is 12.1. The number of thioether (sulfide) groups is 1. The second-order valence-corrected chi connectivity index (χ2v) is 7.32. The molecule has 0 atom stereocenters. The third kappa shape index (κ3) is 10.1. The first-order valence-corrected chi connectivity index (χ1v) is 10.1. The van der Waals surface area contributed by atoms with Gasteiger partial charge in [-0.2, -0.15) is 0 Å². The predicted octanol–water partition coefficient (Wildman–Crippen LogP) is 6.22. The van der Waals surface area contributed by atoms with E-state index in [2.05, 4.69) is 10.0 Å². The molecule has 7 heteroatoms. The molecule has 0 unspecified atom stereocenters. The smallest absolute Gasteiger partial charge is 0.185 e. The van der Waals surface area contributed by atoms with Gasteiger partial charge in [0.2, 0.25) is 0 Å². The van der Waals surface area contributed by atoms with Crippen LogP contribution >= 0.6 is 11.8 Å². The quantitative estimate of drug-likeness (QED) is 0.126. The summed E-state index contributed by atoms with van der Waals surface area (Å²) in [5, 5.41) is 3.73. The lowest BCUT2D eigenvalue weighted by atomic mass is 10.1. The number of nitrogens with zero attached hydrogens (tertiary/aromatic N) is 3. The van der Waals surface area contributed by atoms with E-state index in [-0.39, 0.29) is 5.12 Å². The summed E-state index contributed by atoms with van der Waals surface area (Å²) in [5.41, 5.74) is 9.37. The summed E-state index contributed by atoms with van der Waals surface area (Å²) < 4.78 is 5.66. The van der Waals surface area contributed by atoms with E-state index in [1.807, 2.05) is 0 Å². The average molecular weight is 378 g/mol. The number of aldehydes is 1. The lowest BCUT2D eigenvalue weighted by Gasteiger charge is -2.09. The van der Waals surface area contributed by atoms with Crippen molar-refractivity contribution < 1.29 is 14.3 Å². The molecule has 0 bridgehead atoms. The minimum absolute atomic E-state index is 0.206. The van der Waals surface area contributed by atoms with Gasteiger partial charge in [0.05, 0.1) is 12.2 Å². The molecule has 0 saturated carbocycles. The molecule has 0 radical (unpaired) electrons. The van der Waals surface area contributed by atoms with Crippen molar-refractivity contribution in [1.82, 2.24) is 0 Å². The highest BCUT2D eigenvalue weighted by Gasteiger charge is 2.04. The van der Waals surface area contributed by atoms with Crippen LogP contribution in [-0.4, -0.2) is 23.8 Å². The zero-order valence-corrected chi connectivity index (χ0v) is 16.2. The Balaban J connectivity index is 2.08. The van der Waals surface area contributed by atoms with Gasteiger partial charge in [-0.05, 0) is 30.5 Å². The topological polar surface area (TPSA) is 92.1 Å². The fourth-order valence-electron chi connectivity index (χ4n) is 2.52. The van der Waals surface area contributed by atoms with Gasteiger partial charge in [-0.15, -0.1) is 0 Å². The predicted molar refractivity (Wildman–Crippen MR) is 106 cm³/mol. The molecule has 1 aromatic carbocycles. The summed E-state index contributed by atoms with van der Waals surface area (Å²) in [4.78, 5) is 24.6. The number of carbonyl (C=O) groups is 2. The number of ether oxygens (including phenoxy) is 1. The minimum atomic E-state index is 0.206. The van der Waals surface area contributed by atoms with Crippen molar-refractivity contribution in [2.24, 2.45) is 5.11 Å². The van der Waals surface area contributed by atoms with Gasteiger partial charge in [-0.3, -0.25) is 9.59 Å². The van der Waals surface area contributed by atoms with Gasteiger partial charge in [-0.1, -0.05) is 61.5 Å². The lowest BCUT2D eigenvalue weighted by Crippen LogP contribution is -2.00. The molecule has 0 aliphatic rings. The Hall–Kier alpha value is -1.98. The molecule has 0 heterocycles. The second-order valence-electron chi connectivity index (χ2n) is 6.05. The Morgan fingerprint density at radius 2 is 1.81 bits per heavy atom. The van der Waals surface area contributed by atoms with Crippen LogP contribution in [-0.2, 0) is 4.79 Å². The fourth-order valence-corrected chi connectivity index (χ4v) is 3.16. The zero-order valence-electron chi connectivity index (χ0n) is 15.4. The Morgan fingerprint density at radius 1 is 1.15 bits per heavy atom. The molecule has 0 aromatic heterocycles. The first-order chi connectivity index (χ1) is 12.7. The maximum atomic E-state index is 11.0. The van der Waals surface area contributed by atoms with Gasteiger partial charge in [0, 0.05) is 23.3 Å². The van der Waals surface area contributed by atoms with Crippen LogP contribution in [0.2, 0.25) is 0 Å². The van der Waals surface area contributed by atoms with E-state index in [1.54, 1.807) is 25.1 Å². The number of azide groups is 1. The first-order valence-electron chi connectivity index (χ1n) is 9.08. The van der Waals surface area contributed by atoms with Crippen LogP contribution in [0.4, 0.5) is 5.69 Å². The van der Waals surface area contributed by atoms with Gasteiger partial charge < -0.3 is 4.74 Å². The maximum absolute atomic E-state index is 11.0. The van der Waals surface area contributed by atoms with Gasteiger partial charge in [0.15, 0.2) is 11.4 Å². The van der Waals surface area contributed by atoms with Crippen LogP contribution in [0.1, 0.15) is 68.6 Å². The summed E-state index contributed by atoms with van der Waals surface area (Å²) in [6, 6.07) is 4.78. The standard InChI is InChI=1S/C19H27N3O3S/c1-16(24)26-13-9-7-5-3-2-4-6-8-12-25-19-14-18(21-22-20)11-10-17(19)15-23/h10-11,14-15H,2-9,12-13H2,1H3. The van der Waals surface area contributed by atoms with Crippen molar-refractivity contribution in [3.8, 4) is 5.75 Å². The molecule has 0 amide bonds. The van der Waals surface area contributed by atoms with Crippen molar-refractivity contribution >= 4 is 28.9 Å². The molecule has 0 spiro atoms. The van der Waals surface area contributed by atoms with E-state index in [0.29, 0.717) is 23.6 Å². The van der Waals surface area contributed by atoms with Gasteiger partial charge in [0.1, 0.15) is 5.75 Å². The van der Waals surface area contributed by atoms with E-state index in [1.165, 1.54) is 43.9 Å². The van der Waals surface area contributed by atoms with Crippen LogP contribution in [0.25, 0.3) is 10.4 Å². The number of benzene rings is 1. The summed E-state index contributed by atoms with van der Waals surface area (Å²) in [5.74, 6) is 1.41. The van der Waals surface area contributed by atoms with E-state index in [0.717, 1.165) is 31.3 Å². The molecule has 1 aromatic rings. The van der Waals surface area contributed by atoms with Gasteiger partial charge in [0.25, 0.3) is 0 Å². The Bertz CT molecular complexity index is 616. The summed E-state index contributed by atoms with van der Waals surface area (Å²) in [7, 11) is 0. The van der Waals surface area contributed by atoms with Crippen molar-refractivity contribution in [2.75, 3.05) is 12.4 Å². The Labute approximate surface area is 159 Å². The summed E-state index contributed by atoms with van der Waals surface area (Å²) >= 11 is 1.41. The lowest BCUT2D eigenvalue weighted by molar-refractivity contribution is -0.109. The SMILES string of the molecule is CC(=O)SCCCCCCCCCCOc1cc(N=[N+]=[N-])ccc1C=O. The third-order valence-electron chi connectivity index (χ3n) is 3.89. The monoisotopic (exact) mass is 377 g/mol. The van der Waals surface area contributed by atoms with Crippen LogP contribution < -0.4 is 4.74 Å². The van der Waals surface area contributed by atoms with E-state index in [4.69, 9.17) is 10.3 Å². The molecular formula is C19H27N3O3S. The highest BCUT2D eigenvalue weighted by atomic mass is 32.2. The molecule has 142 valence electrons. The second kappa shape index (κ2) is 14.2. The number of rotatable bonds is 14. The molecule has 6 nitrogen and oxygen atoms in total. The Morgan fingerprint density at radius 3 is 2.42 bits per heavy atom. The van der Waals surface area contributed by atoms with Crippen molar-refractivity contribution in [2.45, 2.75) is 58.3 Å².